The zero-order valence-corrected chi connectivity index (χ0v) is 21.9. The molecule has 2 aromatic heterocycles. The number of para-hydroxylation sites is 1. The molecular weight excluding hydrogens is 480 g/mol. The molecule has 0 bridgehead atoms. The molecule has 2 aromatic carbocycles. The van der Waals surface area contributed by atoms with Crippen LogP contribution in [0.25, 0.3) is 22.3 Å². The van der Waals surface area contributed by atoms with Gasteiger partial charge in [0.2, 0.25) is 0 Å². The molecule has 2 N–H and O–H groups in total. The first kappa shape index (κ1) is 24.2. The lowest BCUT2D eigenvalue weighted by molar-refractivity contribution is 0.0278. The minimum Gasteiger partial charge on any atom is -0.457 e. The Labute approximate surface area is 221 Å². The molecule has 1 amide bonds. The number of benzene rings is 2. The highest BCUT2D eigenvalue weighted by Crippen LogP contribution is 2.45. The van der Waals surface area contributed by atoms with Crippen LogP contribution in [0.4, 0.5) is 10.6 Å². The largest absolute Gasteiger partial charge is 0.457 e. The number of nitrogens with two attached hydrogens (primary N) is 1. The lowest BCUT2D eigenvalue weighted by Gasteiger charge is -2.25. The first-order chi connectivity index (χ1) is 18.2. The fourth-order valence-corrected chi connectivity index (χ4v) is 5.70. The molecule has 2 aliphatic rings. The molecule has 38 heavy (non-hydrogen) atoms. The van der Waals surface area contributed by atoms with Gasteiger partial charge < -0.3 is 20.1 Å². The average Bonchev–Trinajstić information content (AvgIpc) is 3.56. The first-order valence-corrected chi connectivity index (χ1v) is 13.0. The van der Waals surface area contributed by atoms with Crippen molar-refractivity contribution >= 4 is 22.9 Å². The third-order valence-electron chi connectivity index (χ3n) is 7.35. The Balaban J connectivity index is 1.24. The third kappa shape index (κ3) is 4.64. The Morgan fingerprint density at radius 1 is 0.947 bits per heavy atom. The maximum Gasteiger partial charge on any atom is 0.410 e. The molecule has 196 valence electrons. The molecule has 1 saturated heterocycles. The van der Waals surface area contributed by atoms with Crippen LogP contribution in [0.2, 0.25) is 0 Å². The number of ether oxygens (including phenoxy) is 2. The van der Waals surface area contributed by atoms with Gasteiger partial charge in [-0.3, -0.25) is 0 Å². The molecule has 0 radical (unpaired) electrons. The summed E-state index contributed by atoms with van der Waals surface area (Å²) >= 11 is 0. The van der Waals surface area contributed by atoms with Crippen LogP contribution >= 0.6 is 0 Å². The quantitative estimate of drug-likeness (QED) is 0.374. The predicted octanol–water partition coefficient (Wildman–Crippen LogP) is 5.69. The second-order valence-corrected chi connectivity index (χ2v) is 11.2. The summed E-state index contributed by atoms with van der Waals surface area (Å²) < 4.78 is 13.6. The molecule has 2 atom stereocenters. The number of carbonyl (C=O) groups is 1. The van der Waals surface area contributed by atoms with Gasteiger partial charge in [-0.15, -0.1) is 0 Å². The molecule has 2 unspecified atom stereocenters. The highest BCUT2D eigenvalue weighted by Gasteiger charge is 2.44. The summed E-state index contributed by atoms with van der Waals surface area (Å²) in [4.78, 5) is 23.3. The smallest absolute Gasteiger partial charge is 0.410 e. The zero-order chi connectivity index (χ0) is 26.4. The van der Waals surface area contributed by atoms with Crippen molar-refractivity contribution in [1.82, 2.24) is 24.6 Å². The van der Waals surface area contributed by atoms with E-state index in [-0.39, 0.29) is 12.1 Å². The van der Waals surface area contributed by atoms with E-state index in [2.05, 4.69) is 9.97 Å². The monoisotopic (exact) mass is 512 g/mol. The van der Waals surface area contributed by atoms with Crippen molar-refractivity contribution in [2.75, 3.05) is 18.8 Å². The van der Waals surface area contributed by atoms with Crippen LogP contribution in [0.15, 0.2) is 60.9 Å². The van der Waals surface area contributed by atoms with Crippen LogP contribution in [0.1, 0.15) is 39.7 Å². The van der Waals surface area contributed by atoms with Gasteiger partial charge in [0.1, 0.15) is 34.9 Å². The molecule has 1 aliphatic heterocycles. The maximum absolute atomic E-state index is 12.6. The lowest BCUT2D eigenvalue weighted by atomic mass is 10.0. The molecule has 3 heterocycles. The molecule has 9 heteroatoms. The average molecular weight is 513 g/mol. The Morgan fingerprint density at radius 2 is 1.61 bits per heavy atom. The highest BCUT2D eigenvalue weighted by molar-refractivity contribution is 5.98. The number of rotatable bonds is 4. The summed E-state index contributed by atoms with van der Waals surface area (Å²) in [5.41, 5.74) is 8.28. The number of hydrogen-bond acceptors (Lipinski definition) is 7. The Bertz CT molecular complexity index is 1450. The van der Waals surface area contributed by atoms with E-state index in [0.29, 0.717) is 30.7 Å². The van der Waals surface area contributed by atoms with Gasteiger partial charge in [-0.05, 0) is 81.8 Å². The van der Waals surface area contributed by atoms with Crippen LogP contribution in [0.3, 0.4) is 0 Å². The predicted molar refractivity (Wildman–Crippen MR) is 145 cm³/mol. The van der Waals surface area contributed by atoms with Crippen molar-refractivity contribution in [3.05, 3.63) is 60.9 Å². The van der Waals surface area contributed by atoms with Crippen LogP contribution in [0.5, 0.6) is 11.5 Å². The van der Waals surface area contributed by atoms with E-state index in [4.69, 9.17) is 20.3 Å². The minimum absolute atomic E-state index is 0.178. The minimum atomic E-state index is -0.493. The normalized spacial score (nSPS) is 21.0. The number of likely N-dealkylation sites (tertiary alicyclic amines) is 1. The number of hydrogen-bond donors (Lipinski definition) is 1. The fourth-order valence-electron chi connectivity index (χ4n) is 5.70. The van der Waals surface area contributed by atoms with E-state index in [1.54, 1.807) is 0 Å². The Hall–Kier alpha value is -4.14. The van der Waals surface area contributed by atoms with Crippen molar-refractivity contribution in [1.29, 1.82) is 0 Å². The SMILES string of the molecule is CC(C)(C)OC(=O)N1CC2CC(n3nc(-c4ccc(Oc5ccccc5)cc4)c4c(N)ncnc43)CC2C1. The Morgan fingerprint density at radius 3 is 2.26 bits per heavy atom. The third-order valence-corrected chi connectivity index (χ3v) is 7.35. The summed E-state index contributed by atoms with van der Waals surface area (Å²) in [6.45, 7) is 7.12. The standard InChI is InChI=1S/C29H32N6O3/c1-29(2,3)38-28(36)34-15-19-13-21(14-20(19)16-34)35-27-24(26(30)31-17-32-27)25(33-35)18-9-11-23(12-10-18)37-22-7-5-4-6-8-22/h4-12,17,19-21H,13-16H2,1-3H3,(H2,30,31,32). The van der Waals surface area contributed by atoms with E-state index in [1.807, 2.05) is 85.0 Å². The van der Waals surface area contributed by atoms with Crippen molar-refractivity contribution < 1.29 is 14.3 Å². The van der Waals surface area contributed by atoms with Crippen LogP contribution in [-0.2, 0) is 4.74 Å². The van der Waals surface area contributed by atoms with Crippen molar-refractivity contribution in [2.45, 2.75) is 45.3 Å². The van der Waals surface area contributed by atoms with Crippen LogP contribution < -0.4 is 10.5 Å². The second kappa shape index (κ2) is 9.31. The number of nitrogens with zero attached hydrogens (tertiary/aromatic N) is 5. The first-order valence-electron chi connectivity index (χ1n) is 13.0. The summed E-state index contributed by atoms with van der Waals surface area (Å²) in [6.07, 6.45) is 3.12. The number of aromatic nitrogens is 4. The number of carbonyl (C=O) groups excluding carboxylic acids is 1. The number of amides is 1. The Kier molecular flexibility index (Phi) is 5.93. The molecule has 1 saturated carbocycles. The maximum atomic E-state index is 12.6. The van der Waals surface area contributed by atoms with Gasteiger partial charge in [0.25, 0.3) is 0 Å². The van der Waals surface area contributed by atoms with E-state index >= 15 is 0 Å². The second-order valence-electron chi connectivity index (χ2n) is 11.2. The molecule has 9 nitrogen and oxygen atoms in total. The van der Waals surface area contributed by atoms with Gasteiger partial charge in [0.15, 0.2) is 5.65 Å². The van der Waals surface area contributed by atoms with Crippen molar-refractivity contribution in [3.8, 4) is 22.8 Å². The van der Waals surface area contributed by atoms with Crippen molar-refractivity contribution in [2.24, 2.45) is 11.8 Å². The van der Waals surface area contributed by atoms with E-state index in [0.717, 1.165) is 46.6 Å². The highest BCUT2D eigenvalue weighted by atomic mass is 16.6. The molecule has 4 aromatic rings. The van der Waals surface area contributed by atoms with E-state index in [9.17, 15) is 4.79 Å². The summed E-state index contributed by atoms with van der Waals surface area (Å²) in [7, 11) is 0. The van der Waals surface area contributed by atoms with Gasteiger partial charge in [0, 0.05) is 18.7 Å². The molecule has 0 spiro atoms. The number of nitrogen functional groups attached to an aromatic ring is 1. The zero-order valence-electron chi connectivity index (χ0n) is 21.9. The molecule has 1 aliphatic carbocycles. The number of fused-ring (bicyclic) bond motifs is 2. The fraction of sp³-hybridized carbons (Fsp3) is 0.379. The topological polar surface area (TPSA) is 108 Å². The van der Waals surface area contributed by atoms with Gasteiger partial charge in [-0.1, -0.05) is 18.2 Å². The van der Waals surface area contributed by atoms with Crippen LogP contribution in [-0.4, -0.2) is 49.4 Å². The van der Waals surface area contributed by atoms with Gasteiger partial charge in [-0.25, -0.2) is 19.4 Å². The van der Waals surface area contributed by atoms with E-state index < -0.39 is 5.60 Å². The molecule has 6 rings (SSSR count). The van der Waals surface area contributed by atoms with Crippen molar-refractivity contribution in [3.63, 3.8) is 0 Å². The molecule has 2 fully saturated rings. The van der Waals surface area contributed by atoms with Gasteiger partial charge in [0.05, 0.1) is 11.4 Å². The molecular formula is C29H32N6O3. The van der Waals surface area contributed by atoms with E-state index in [1.165, 1.54) is 6.33 Å². The number of anilines is 1. The van der Waals surface area contributed by atoms with Gasteiger partial charge in [-0.2, -0.15) is 5.10 Å². The summed E-state index contributed by atoms with van der Waals surface area (Å²) in [5, 5.41) is 5.79. The summed E-state index contributed by atoms with van der Waals surface area (Å²) in [5.74, 6) is 2.75. The summed E-state index contributed by atoms with van der Waals surface area (Å²) in [6, 6.07) is 17.7. The van der Waals surface area contributed by atoms with Crippen LogP contribution in [0, 0.1) is 11.8 Å². The lowest BCUT2D eigenvalue weighted by Crippen LogP contribution is -2.36. The van der Waals surface area contributed by atoms with Gasteiger partial charge >= 0.3 is 6.09 Å².